The van der Waals surface area contributed by atoms with Crippen molar-refractivity contribution < 1.29 is 24.2 Å². The Labute approximate surface area is 144 Å². The zero-order valence-electron chi connectivity index (χ0n) is 13.6. The van der Waals surface area contributed by atoms with Crippen molar-refractivity contribution in [1.29, 1.82) is 0 Å². The molecule has 1 aromatic carbocycles. The van der Waals surface area contributed by atoms with Crippen LogP contribution in [0.15, 0.2) is 36.0 Å². The van der Waals surface area contributed by atoms with Crippen molar-refractivity contribution in [2.24, 2.45) is 0 Å². The van der Waals surface area contributed by atoms with E-state index in [1.165, 1.54) is 6.08 Å². The molecule has 0 radical (unpaired) electrons. The van der Waals surface area contributed by atoms with E-state index in [1.54, 1.807) is 29.2 Å². The predicted molar refractivity (Wildman–Crippen MR) is 88.7 cm³/mol. The first kappa shape index (κ1) is 17.1. The van der Waals surface area contributed by atoms with E-state index < -0.39 is 11.8 Å². The van der Waals surface area contributed by atoms with Crippen LogP contribution in [0.2, 0.25) is 0 Å². The number of benzene rings is 1. The van der Waals surface area contributed by atoms with Gasteiger partial charge in [0.2, 0.25) is 0 Å². The van der Waals surface area contributed by atoms with Gasteiger partial charge in [0.05, 0.1) is 26.4 Å². The summed E-state index contributed by atoms with van der Waals surface area (Å²) in [5.74, 6) is -1.07. The summed E-state index contributed by atoms with van der Waals surface area (Å²) < 4.78 is 5.24. The van der Waals surface area contributed by atoms with Gasteiger partial charge in [0.25, 0.3) is 17.7 Å². The number of morpholine rings is 1. The highest BCUT2D eigenvalue weighted by molar-refractivity contribution is 6.17. The average Bonchev–Trinajstić information content (AvgIpc) is 2.90. The molecule has 132 valence electrons. The summed E-state index contributed by atoms with van der Waals surface area (Å²) in [5, 5.41) is 11.8. The Kier molecular flexibility index (Phi) is 5.11. The summed E-state index contributed by atoms with van der Waals surface area (Å²) in [6.07, 6.45) is 1.19. The number of imide groups is 1. The third-order valence-corrected chi connectivity index (χ3v) is 4.02. The van der Waals surface area contributed by atoms with Crippen molar-refractivity contribution in [2.45, 2.75) is 0 Å². The van der Waals surface area contributed by atoms with Gasteiger partial charge in [-0.15, -0.1) is 0 Å². The summed E-state index contributed by atoms with van der Waals surface area (Å²) in [4.78, 5) is 39.1. The van der Waals surface area contributed by atoms with Crippen LogP contribution >= 0.6 is 0 Å². The van der Waals surface area contributed by atoms with Crippen molar-refractivity contribution in [3.05, 3.63) is 41.6 Å². The number of hydrogen-bond donors (Lipinski definition) is 2. The first-order chi connectivity index (χ1) is 12.1. The van der Waals surface area contributed by atoms with Gasteiger partial charge in [-0.2, -0.15) is 0 Å². The second kappa shape index (κ2) is 7.45. The number of carbonyl (C=O) groups is 3. The van der Waals surface area contributed by atoms with Gasteiger partial charge in [-0.25, -0.2) is 0 Å². The maximum Gasteiger partial charge on any atom is 0.277 e. The molecule has 0 saturated carbocycles. The molecule has 0 aliphatic carbocycles. The molecular weight excluding hydrogens is 326 g/mol. The Hall–Kier alpha value is -2.71. The molecule has 2 heterocycles. The Balaban J connectivity index is 1.72. The molecule has 3 amide bonds. The van der Waals surface area contributed by atoms with Crippen LogP contribution in [-0.2, 0) is 14.3 Å². The highest BCUT2D eigenvalue weighted by atomic mass is 16.5. The summed E-state index contributed by atoms with van der Waals surface area (Å²) in [6.45, 7) is 1.80. The fraction of sp³-hybridized carbons (Fsp3) is 0.353. The number of β-amino-alcohol motifs (C(OH)–C–C–N with tert-alkyl or cyclic N) is 1. The molecule has 8 heteroatoms. The van der Waals surface area contributed by atoms with Crippen LogP contribution in [0.5, 0.6) is 0 Å². The largest absolute Gasteiger partial charge is 0.395 e. The molecule has 8 nitrogen and oxygen atoms in total. The van der Waals surface area contributed by atoms with E-state index in [4.69, 9.17) is 9.84 Å². The molecule has 2 aliphatic rings. The van der Waals surface area contributed by atoms with Crippen LogP contribution < -0.4 is 5.32 Å². The molecule has 0 aromatic heterocycles. The highest BCUT2D eigenvalue weighted by Gasteiger charge is 2.30. The molecule has 2 aliphatic heterocycles. The number of hydrogen-bond acceptors (Lipinski definition) is 6. The maximum absolute atomic E-state index is 12.5. The Morgan fingerprint density at radius 1 is 1.24 bits per heavy atom. The summed E-state index contributed by atoms with van der Waals surface area (Å²) in [7, 11) is 0. The molecule has 0 bridgehead atoms. The highest BCUT2D eigenvalue weighted by Crippen LogP contribution is 2.19. The third kappa shape index (κ3) is 3.70. The number of amides is 3. The van der Waals surface area contributed by atoms with Gasteiger partial charge in [-0.1, -0.05) is 6.07 Å². The fourth-order valence-electron chi connectivity index (χ4n) is 2.74. The van der Waals surface area contributed by atoms with Crippen LogP contribution in [0.1, 0.15) is 10.4 Å². The summed E-state index contributed by atoms with van der Waals surface area (Å²) in [5.41, 5.74) is 1.16. The van der Waals surface area contributed by atoms with E-state index in [2.05, 4.69) is 5.32 Å². The monoisotopic (exact) mass is 345 g/mol. The number of aliphatic hydroxyl groups excluding tert-OH is 1. The van der Waals surface area contributed by atoms with Gasteiger partial charge in [-0.05, 0) is 18.2 Å². The Morgan fingerprint density at radius 2 is 2.00 bits per heavy atom. The van der Waals surface area contributed by atoms with E-state index in [-0.39, 0.29) is 24.8 Å². The molecule has 1 aromatic rings. The van der Waals surface area contributed by atoms with E-state index in [1.807, 2.05) is 0 Å². The van der Waals surface area contributed by atoms with Gasteiger partial charge in [0, 0.05) is 30.4 Å². The number of rotatable bonds is 5. The zero-order chi connectivity index (χ0) is 17.8. The van der Waals surface area contributed by atoms with Crippen LogP contribution in [0, 0.1) is 0 Å². The van der Waals surface area contributed by atoms with Crippen molar-refractivity contribution in [3.8, 4) is 0 Å². The smallest absolute Gasteiger partial charge is 0.277 e. The number of aliphatic hydroxyl groups is 1. The van der Waals surface area contributed by atoms with E-state index >= 15 is 0 Å². The molecule has 1 fully saturated rings. The summed E-state index contributed by atoms with van der Waals surface area (Å²) in [6, 6.07) is 6.77. The number of carbonyl (C=O) groups excluding carboxylic acids is 3. The van der Waals surface area contributed by atoms with Crippen LogP contribution in [0.3, 0.4) is 0 Å². The Morgan fingerprint density at radius 3 is 2.72 bits per heavy atom. The second-order valence-electron chi connectivity index (χ2n) is 5.69. The van der Waals surface area contributed by atoms with E-state index in [0.29, 0.717) is 37.6 Å². The van der Waals surface area contributed by atoms with Gasteiger partial charge in [0.15, 0.2) is 0 Å². The molecule has 2 N–H and O–H groups in total. The van der Waals surface area contributed by atoms with Gasteiger partial charge < -0.3 is 20.1 Å². The second-order valence-corrected chi connectivity index (χ2v) is 5.69. The average molecular weight is 345 g/mol. The molecule has 0 spiro atoms. The topological polar surface area (TPSA) is 99.2 Å². The minimum Gasteiger partial charge on any atom is -0.395 e. The lowest BCUT2D eigenvalue weighted by Gasteiger charge is -2.27. The number of ether oxygens (including phenoxy) is 1. The molecular formula is C17H19N3O5. The van der Waals surface area contributed by atoms with Crippen molar-refractivity contribution in [2.75, 3.05) is 44.8 Å². The molecule has 1 saturated heterocycles. The SMILES string of the molecule is O=C(c1cccc(NC2=CC(=O)N(CCO)C2=O)c1)N1CCOCC1. The lowest BCUT2D eigenvalue weighted by atomic mass is 10.1. The number of anilines is 1. The van der Waals surface area contributed by atoms with Gasteiger partial charge >= 0.3 is 0 Å². The van der Waals surface area contributed by atoms with Crippen molar-refractivity contribution in [1.82, 2.24) is 9.80 Å². The number of nitrogens with zero attached hydrogens (tertiary/aromatic N) is 2. The summed E-state index contributed by atoms with van der Waals surface area (Å²) >= 11 is 0. The van der Waals surface area contributed by atoms with Crippen molar-refractivity contribution in [3.63, 3.8) is 0 Å². The Bertz CT molecular complexity index is 725. The lowest BCUT2D eigenvalue weighted by Crippen LogP contribution is -2.40. The number of nitrogens with one attached hydrogen (secondary N) is 1. The van der Waals surface area contributed by atoms with Crippen LogP contribution in [0.25, 0.3) is 0 Å². The molecule has 25 heavy (non-hydrogen) atoms. The minimum absolute atomic E-state index is 0.0467. The molecule has 3 rings (SSSR count). The van der Waals surface area contributed by atoms with Crippen molar-refractivity contribution >= 4 is 23.4 Å². The minimum atomic E-state index is -0.496. The maximum atomic E-state index is 12.5. The first-order valence-electron chi connectivity index (χ1n) is 8.02. The standard InChI is InChI=1S/C17H19N3O5/c21-7-4-20-15(22)11-14(17(20)24)18-13-3-1-2-12(10-13)16(23)19-5-8-25-9-6-19/h1-3,10-11,18,21H,4-9H2. The molecule has 0 unspecified atom stereocenters. The van der Waals surface area contributed by atoms with Gasteiger partial charge in [0.1, 0.15) is 5.70 Å². The first-order valence-corrected chi connectivity index (χ1v) is 8.02. The lowest BCUT2D eigenvalue weighted by molar-refractivity contribution is -0.137. The fourth-order valence-corrected chi connectivity index (χ4v) is 2.74. The predicted octanol–water partition coefficient (Wildman–Crippen LogP) is -0.184. The van der Waals surface area contributed by atoms with Crippen LogP contribution in [-0.4, -0.2) is 72.1 Å². The third-order valence-electron chi connectivity index (χ3n) is 4.02. The normalized spacial score (nSPS) is 17.7. The van der Waals surface area contributed by atoms with E-state index in [0.717, 1.165) is 4.90 Å². The quantitative estimate of drug-likeness (QED) is 0.718. The molecule has 0 atom stereocenters. The van der Waals surface area contributed by atoms with Gasteiger partial charge in [-0.3, -0.25) is 19.3 Å². The zero-order valence-corrected chi connectivity index (χ0v) is 13.6. The van der Waals surface area contributed by atoms with Crippen LogP contribution in [0.4, 0.5) is 5.69 Å². The van der Waals surface area contributed by atoms with E-state index in [9.17, 15) is 14.4 Å².